The zero-order chi connectivity index (χ0) is 16.3. The van der Waals surface area contributed by atoms with Crippen molar-refractivity contribution in [3.63, 3.8) is 0 Å². The molecule has 1 unspecified atom stereocenters. The molecule has 2 rings (SSSR count). The highest BCUT2D eigenvalue weighted by molar-refractivity contribution is 5.96. The van der Waals surface area contributed by atoms with Crippen LogP contribution >= 0.6 is 0 Å². The Balaban J connectivity index is 1.90. The Hall–Kier alpha value is -1.68. The normalized spacial score (nSPS) is 19.4. The van der Waals surface area contributed by atoms with Crippen LogP contribution in [0.1, 0.15) is 51.2 Å². The third kappa shape index (κ3) is 4.17. The summed E-state index contributed by atoms with van der Waals surface area (Å²) in [5.74, 6) is -0.219. The van der Waals surface area contributed by atoms with E-state index in [4.69, 9.17) is 5.73 Å². The number of benzene rings is 1. The summed E-state index contributed by atoms with van der Waals surface area (Å²) in [5.41, 5.74) is 8.28. The molecule has 1 heterocycles. The van der Waals surface area contributed by atoms with E-state index >= 15 is 0 Å². The molecule has 0 saturated carbocycles. The van der Waals surface area contributed by atoms with E-state index in [2.05, 4.69) is 45.0 Å². The Morgan fingerprint density at radius 1 is 1.27 bits per heavy atom. The molecular weight excluding hydrogens is 276 g/mol. The molecule has 1 fully saturated rings. The summed E-state index contributed by atoms with van der Waals surface area (Å²) in [5, 5.41) is 0. The first kappa shape index (κ1) is 16.7. The van der Waals surface area contributed by atoms with Crippen molar-refractivity contribution in [3.05, 3.63) is 35.4 Å². The number of nitrogens with two attached hydrogens (primary N) is 1. The van der Waals surface area contributed by atoms with Crippen LogP contribution in [0.5, 0.6) is 0 Å². The van der Waals surface area contributed by atoms with E-state index in [1.165, 1.54) is 10.5 Å². The van der Waals surface area contributed by atoms with E-state index < -0.39 is 0 Å². The molecule has 120 valence electrons. The van der Waals surface area contributed by atoms with Gasteiger partial charge in [-0.2, -0.15) is 0 Å². The molecule has 2 amide bonds. The first-order valence-corrected chi connectivity index (χ1v) is 7.95. The molecule has 1 aromatic carbocycles. The summed E-state index contributed by atoms with van der Waals surface area (Å²) < 4.78 is 0. The maximum absolute atomic E-state index is 12.2. The standard InChI is InChI=1S/C18H26N2O2/c1-18(2,3)14-7-4-13(5-8-14)6-9-16(21)20-11-10-15(19)12-17(20)22/h4-5,7-8,15H,6,9-12,19H2,1-3H3. The lowest BCUT2D eigenvalue weighted by Crippen LogP contribution is -2.46. The predicted octanol–water partition coefficient (Wildman–Crippen LogP) is 2.39. The van der Waals surface area contributed by atoms with Crippen LogP contribution in [0.3, 0.4) is 0 Å². The Morgan fingerprint density at radius 2 is 1.91 bits per heavy atom. The summed E-state index contributed by atoms with van der Waals surface area (Å²) in [6.07, 6.45) is 2.03. The number of carbonyl (C=O) groups excluding carboxylic acids is 2. The predicted molar refractivity (Wildman–Crippen MR) is 87.4 cm³/mol. The van der Waals surface area contributed by atoms with Crippen molar-refractivity contribution in [3.8, 4) is 0 Å². The number of aryl methyl sites for hydroxylation is 1. The summed E-state index contributed by atoms with van der Waals surface area (Å²) in [7, 11) is 0. The highest BCUT2D eigenvalue weighted by atomic mass is 16.2. The highest BCUT2D eigenvalue weighted by Crippen LogP contribution is 2.22. The molecule has 22 heavy (non-hydrogen) atoms. The molecule has 4 heteroatoms. The lowest BCUT2D eigenvalue weighted by atomic mass is 9.86. The van der Waals surface area contributed by atoms with Crippen LogP contribution in [0.4, 0.5) is 0 Å². The average molecular weight is 302 g/mol. The van der Waals surface area contributed by atoms with E-state index in [0.29, 0.717) is 25.8 Å². The third-order valence-electron chi connectivity index (χ3n) is 4.21. The molecule has 0 aromatic heterocycles. The number of nitrogens with zero attached hydrogens (tertiary/aromatic N) is 1. The molecule has 1 aliphatic heterocycles. The van der Waals surface area contributed by atoms with Crippen LogP contribution in [-0.4, -0.2) is 29.3 Å². The minimum atomic E-state index is -0.133. The number of imide groups is 1. The van der Waals surface area contributed by atoms with Gasteiger partial charge in [-0.25, -0.2) is 0 Å². The molecule has 1 atom stereocenters. The fourth-order valence-electron chi connectivity index (χ4n) is 2.68. The van der Waals surface area contributed by atoms with Gasteiger partial charge < -0.3 is 5.73 Å². The van der Waals surface area contributed by atoms with Crippen LogP contribution in [0.15, 0.2) is 24.3 Å². The maximum Gasteiger partial charge on any atom is 0.230 e. The fourth-order valence-corrected chi connectivity index (χ4v) is 2.68. The first-order valence-electron chi connectivity index (χ1n) is 7.95. The number of amides is 2. The smallest absolute Gasteiger partial charge is 0.230 e. The van der Waals surface area contributed by atoms with Gasteiger partial charge in [0, 0.05) is 25.4 Å². The van der Waals surface area contributed by atoms with Gasteiger partial charge in [0.25, 0.3) is 0 Å². The van der Waals surface area contributed by atoms with E-state index in [1.807, 2.05) is 0 Å². The molecule has 1 aromatic rings. The second kappa shape index (κ2) is 6.61. The van der Waals surface area contributed by atoms with Gasteiger partial charge >= 0.3 is 0 Å². The number of likely N-dealkylation sites (tertiary alicyclic amines) is 1. The van der Waals surface area contributed by atoms with Gasteiger partial charge in [-0.15, -0.1) is 0 Å². The molecular formula is C18H26N2O2. The van der Waals surface area contributed by atoms with Crippen molar-refractivity contribution in [1.82, 2.24) is 4.90 Å². The third-order valence-corrected chi connectivity index (χ3v) is 4.21. The minimum Gasteiger partial charge on any atom is -0.327 e. The molecule has 1 saturated heterocycles. The van der Waals surface area contributed by atoms with Crippen LogP contribution in [0.25, 0.3) is 0 Å². The molecule has 4 nitrogen and oxygen atoms in total. The van der Waals surface area contributed by atoms with Gasteiger partial charge in [0.05, 0.1) is 0 Å². The lowest BCUT2D eigenvalue weighted by molar-refractivity contribution is -0.146. The second-order valence-electron chi connectivity index (χ2n) is 7.14. The van der Waals surface area contributed by atoms with Crippen LogP contribution in [0.2, 0.25) is 0 Å². The molecule has 0 radical (unpaired) electrons. The number of carbonyl (C=O) groups is 2. The average Bonchev–Trinajstić information content (AvgIpc) is 2.44. The minimum absolute atomic E-state index is 0.0863. The van der Waals surface area contributed by atoms with Crippen molar-refractivity contribution in [2.75, 3.05) is 6.54 Å². The van der Waals surface area contributed by atoms with Gasteiger partial charge in [0.15, 0.2) is 0 Å². The maximum atomic E-state index is 12.2. The van der Waals surface area contributed by atoms with Gasteiger partial charge in [0.2, 0.25) is 11.8 Å². The van der Waals surface area contributed by atoms with Crippen molar-refractivity contribution in [2.45, 2.75) is 57.9 Å². The molecule has 0 spiro atoms. The van der Waals surface area contributed by atoms with Gasteiger partial charge in [-0.05, 0) is 29.4 Å². The second-order valence-corrected chi connectivity index (χ2v) is 7.14. The van der Waals surface area contributed by atoms with Crippen LogP contribution in [-0.2, 0) is 21.4 Å². The quantitative estimate of drug-likeness (QED) is 0.932. The lowest BCUT2D eigenvalue weighted by Gasteiger charge is -2.28. The highest BCUT2D eigenvalue weighted by Gasteiger charge is 2.27. The monoisotopic (exact) mass is 302 g/mol. The zero-order valence-electron chi connectivity index (χ0n) is 13.8. The number of piperidine rings is 1. The van der Waals surface area contributed by atoms with Crippen LogP contribution < -0.4 is 5.73 Å². The van der Waals surface area contributed by atoms with Crippen molar-refractivity contribution in [2.24, 2.45) is 5.73 Å². The number of hydrogen-bond donors (Lipinski definition) is 1. The summed E-state index contributed by atoms with van der Waals surface area (Å²) in [4.78, 5) is 25.4. The zero-order valence-corrected chi connectivity index (χ0v) is 13.8. The number of rotatable bonds is 3. The van der Waals surface area contributed by atoms with Gasteiger partial charge in [-0.1, -0.05) is 45.0 Å². The van der Waals surface area contributed by atoms with Gasteiger partial charge in [-0.3, -0.25) is 14.5 Å². The Morgan fingerprint density at radius 3 is 2.45 bits per heavy atom. The topological polar surface area (TPSA) is 63.4 Å². The number of hydrogen-bond acceptors (Lipinski definition) is 3. The fraction of sp³-hybridized carbons (Fsp3) is 0.556. The first-order chi connectivity index (χ1) is 10.3. The van der Waals surface area contributed by atoms with E-state index in [0.717, 1.165) is 5.56 Å². The largest absolute Gasteiger partial charge is 0.327 e. The van der Waals surface area contributed by atoms with Crippen molar-refractivity contribution >= 4 is 11.8 Å². The molecule has 0 bridgehead atoms. The Bertz CT molecular complexity index is 543. The van der Waals surface area contributed by atoms with E-state index in [1.54, 1.807) is 0 Å². The molecule has 2 N–H and O–H groups in total. The van der Waals surface area contributed by atoms with Crippen LogP contribution in [0, 0.1) is 0 Å². The summed E-state index contributed by atoms with van der Waals surface area (Å²) in [6.45, 7) is 7.00. The summed E-state index contributed by atoms with van der Waals surface area (Å²) >= 11 is 0. The molecule has 0 aliphatic carbocycles. The van der Waals surface area contributed by atoms with Gasteiger partial charge in [0.1, 0.15) is 0 Å². The van der Waals surface area contributed by atoms with Crippen molar-refractivity contribution < 1.29 is 9.59 Å². The van der Waals surface area contributed by atoms with Crippen molar-refractivity contribution in [1.29, 1.82) is 0 Å². The van der Waals surface area contributed by atoms with E-state index in [9.17, 15) is 9.59 Å². The Labute approximate surface area is 132 Å². The summed E-state index contributed by atoms with van der Waals surface area (Å²) in [6, 6.07) is 8.28. The molecule has 1 aliphatic rings. The van der Waals surface area contributed by atoms with E-state index in [-0.39, 0.29) is 29.7 Å². The SMILES string of the molecule is CC(C)(C)c1ccc(CCC(=O)N2CCC(N)CC2=O)cc1. The Kier molecular flexibility index (Phi) is 5.01.